The van der Waals surface area contributed by atoms with Crippen LogP contribution >= 0.6 is 27.5 Å². The first-order chi connectivity index (χ1) is 12.6. The highest BCUT2D eigenvalue weighted by molar-refractivity contribution is 9.10. The second-order valence-electron chi connectivity index (χ2n) is 6.36. The molecule has 1 saturated heterocycles. The lowest BCUT2D eigenvalue weighted by molar-refractivity contribution is 0.00992. The average Bonchev–Trinajstić information content (AvgIpc) is 2.66. The summed E-state index contributed by atoms with van der Waals surface area (Å²) in [6.07, 6.45) is 4.27. The van der Waals surface area contributed by atoms with Crippen molar-refractivity contribution in [3.63, 3.8) is 0 Å². The molecule has 1 heterocycles. The van der Waals surface area contributed by atoms with Crippen LogP contribution in [0.25, 0.3) is 0 Å². The molecule has 0 atom stereocenters. The number of aliphatic imine (C=N–C) groups is 1. The van der Waals surface area contributed by atoms with Crippen molar-refractivity contribution in [2.24, 2.45) is 4.99 Å². The molecule has 1 aliphatic rings. The summed E-state index contributed by atoms with van der Waals surface area (Å²) in [6, 6.07) is 5.88. The van der Waals surface area contributed by atoms with Crippen LogP contribution in [-0.4, -0.2) is 64.0 Å². The van der Waals surface area contributed by atoms with Gasteiger partial charge in [-0.3, -0.25) is 4.99 Å². The molecule has 1 fully saturated rings. The van der Waals surface area contributed by atoms with E-state index >= 15 is 0 Å². The Hall–Kier alpha value is -0.820. The summed E-state index contributed by atoms with van der Waals surface area (Å²) in [5.41, 5.74) is 1.20. The fraction of sp³-hybridized carbons (Fsp3) is 0.632. The SMILES string of the molecule is CN=C(NCCc1cc(Cl)ccc1Br)N1CCC(OCCCOC)CC1. The fourth-order valence-corrected chi connectivity index (χ4v) is 3.70. The molecular weight excluding hydrogens is 418 g/mol. The number of piperidine rings is 1. The maximum atomic E-state index is 6.08. The Morgan fingerprint density at radius 3 is 2.81 bits per heavy atom. The van der Waals surface area contributed by atoms with Crippen LogP contribution in [0, 0.1) is 0 Å². The number of halogens is 2. The summed E-state index contributed by atoms with van der Waals surface area (Å²) in [6.45, 7) is 4.29. The molecule has 0 bridgehead atoms. The number of hydrogen-bond donors (Lipinski definition) is 1. The molecule has 1 aliphatic heterocycles. The van der Waals surface area contributed by atoms with Gasteiger partial charge in [-0.2, -0.15) is 0 Å². The summed E-state index contributed by atoms with van der Waals surface area (Å²) < 4.78 is 12.1. The van der Waals surface area contributed by atoms with Gasteiger partial charge in [-0.15, -0.1) is 0 Å². The van der Waals surface area contributed by atoms with Gasteiger partial charge in [0.15, 0.2) is 5.96 Å². The molecule has 1 N–H and O–H groups in total. The molecule has 1 aromatic rings. The van der Waals surface area contributed by atoms with Crippen LogP contribution < -0.4 is 5.32 Å². The topological polar surface area (TPSA) is 46.1 Å². The Balaban J connectivity index is 1.71. The predicted molar refractivity (Wildman–Crippen MR) is 111 cm³/mol. The highest BCUT2D eigenvalue weighted by Crippen LogP contribution is 2.21. The van der Waals surface area contributed by atoms with Crippen LogP contribution in [-0.2, 0) is 15.9 Å². The molecule has 5 nitrogen and oxygen atoms in total. The summed E-state index contributed by atoms with van der Waals surface area (Å²) in [4.78, 5) is 6.74. The lowest BCUT2D eigenvalue weighted by atomic mass is 10.1. The van der Waals surface area contributed by atoms with Crippen LogP contribution in [0.15, 0.2) is 27.7 Å². The number of rotatable bonds is 8. The van der Waals surface area contributed by atoms with Crippen LogP contribution in [0.5, 0.6) is 0 Å². The number of hydrogen-bond acceptors (Lipinski definition) is 3. The molecule has 0 aromatic heterocycles. The molecule has 0 saturated carbocycles. The average molecular weight is 447 g/mol. The largest absolute Gasteiger partial charge is 0.385 e. The molecule has 7 heteroatoms. The zero-order valence-corrected chi connectivity index (χ0v) is 18.0. The van der Waals surface area contributed by atoms with Crippen molar-refractivity contribution >= 4 is 33.5 Å². The smallest absolute Gasteiger partial charge is 0.193 e. The Morgan fingerprint density at radius 2 is 2.12 bits per heavy atom. The first-order valence-corrected chi connectivity index (χ1v) is 10.3. The zero-order valence-electron chi connectivity index (χ0n) is 15.6. The van der Waals surface area contributed by atoms with E-state index in [0.29, 0.717) is 6.10 Å². The quantitative estimate of drug-likeness (QED) is 0.375. The molecule has 0 radical (unpaired) electrons. The van der Waals surface area contributed by atoms with E-state index in [4.69, 9.17) is 21.1 Å². The van der Waals surface area contributed by atoms with Gasteiger partial charge in [0.1, 0.15) is 0 Å². The van der Waals surface area contributed by atoms with E-state index in [1.54, 1.807) is 7.11 Å². The summed E-state index contributed by atoms with van der Waals surface area (Å²) in [7, 11) is 3.56. The summed E-state index contributed by atoms with van der Waals surface area (Å²) >= 11 is 9.66. The van der Waals surface area contributed by atoms with Crippen LogP contribution in [0.3, 0.4) is 0 Å². The molecule has 26 heavy (non-hydrogen) atoms. The van der Waals surface area contributed by atoms with Gasteiger partial charge in [0.05, 0.1) is 6.10 Å². The molecule has 1 aromatic carbocycles. The minimum absolute atomic E-state index is 0.351. The number of likely N-dealkylation sites (tertiary alicyclic amines) is 1. The molecule has 146 valence electrons. The molecule has 2 rings (SSSR count). The normalized spacial score (nSPS) is 16.2. The Kier molecular flexibility index (Phi) is 9.75. The van der Waals surface area contributed by atoms with Gasteiger partial charge in [-0.1, -0.05) is 27.5 Å². The van der Waals surface area contributed by atoms with E-state index in [-0.39, 0.29) is 0 Å². The van der Waals surface area contributed by atoms with Crippen molar-refractivity contribution in [3.05, 3.63) is 33.3 Å². The Bertz CT molecular complexity index is 578. The number of nitrogens with one attached hydrogen (secondary N) is 1. The van der Waals surface area contributed by atoms with E-state index in [0.717, 1.165) is 74.0 Å². The predicted octanol–water partition coefficient (Wildman–Crippen LogP) is 3.74. The van der Waals surface area contributed by atoms with Gasteiger partial charge in [0.25, 0.3) is 0 Å². The van der Waals surface area contributed by atoms with E-state index in [2.05, 4.69) is 31.1 Å². The van der Waals surface area contributed by atoms with Crippen molar-refractivity contribution in [3.8, 4) is 0 Å². The Labute approximate surface area is 170 Å². The highest BCUT2D eigenvalue weighted by Gasteiger charge is 2.21. The molecule has 0 spiro atoms. The number of benzene rings is 1. The summed E-state index contributed by atoms with van der Waals surface area (Å²) in [5, 5.41) is 4.23. The lowest BCUT2D eigenvalue weighted by Gasteiger charge is -2.34. The van der Waals surface area contributed by atoms with Crippen molar-refractivity contribution in [1.82, 2.24) is 10.2 Å². The van der Waals surface area contributed by atoms with Crippen molar-refractivity contribution in [2.45, 2.75) is 31.8 Å². The van der Waals surface area contributed by atoms with E-state index in [1.165, 1.54) is 5.56 Å². The Morgan fingerprint density at radius 1 is 1.35 bits per heavy atom. The van der Waals surface area contributed by atoms with Gasteiger partial charge in [0, 0.05) is 56.5 Å². The maximum Gasteiger partial charge on any atom is 0.193 e. The highest BCUT2D eigenvalue weighted by atomic mass is 79.9. The third-order valence-electron chi connectivity index (χ3n) is 4.48. The minimum Gasteiger partial charge on any atom is -0.385 e. The van der Waals surface area contributed by atoms with Gasteiger partial charge in [0.2, 0.25) is 0 Å². The van der Waals surface area contributed by atoms with Crippen molar-refractivity contribution in [1.29, 1.82) is 0 Å². The molecule has 0 amide bonds. The van der Waals surface area contributed by atoms with E-state index < -0.39 is 0 Å². The maximum absolute atomic E-state index is 6.08. The van der Waals surface area contributed by atoms with Gasteiger partial charge >= 0.3 is 0 Å². The molecule has 0 aliphatic carbocycles. The second-order valence-corrected chi connectivity index (χ2v) is 7.65. The number of methoxy groups -OCH3 is 1. The lowest BCUT2D eigenvalue weighted by Crippen LogP contribution is -2.47. The summed E-state index contributed by atoms with van der Waals surface area (Å²) in [5.74, 6) is 0.959. The number of guanidine groups is 1. The number of nitrogens with zero attached hydrogens (tertiary/aromatic N) is 2. The van der Waals surface area contributed by atoms with Crippen LogP contribution in [0.4, 0.5) is 0 Å². The third-order valence-corrected chi connectivity index (χ3v) is 5.49. The zero-order chi connectivity index (χ0) is 18.8. The van der Waals surface area contributed by atoms with E-state index in [1.807, 2.05) is 25.2 Å². The first-order valence-electron chi connectivity index (χ1n) is 9.14. The number of ether oxygens (including phenoxy) is 2. The van der Waals surface area contributed by atoms with Crippen molar-refractivity contribution < 1.29 is 9.47 Å². The minimum atomic E-state index is 0.351. The molecular formula is C19H29BrClN3O2. The van der Waals surface area contributed by atoms with Gasteiger partial charge < -0.3 is 19.7 Å². The van der Waals surface area contributed by atoms with Gasteiger partial charge in [-0.25, -0.2) is 0 Å². The van der Waals surface area contributed by atoms with Gasteiger partial charge in [-0.05, 0) is 49.4 Å². The monoisotopic (exact) mass is 445 g/mol. The van der Waals surface area contributed by atoms with Crippen molar-refractivity contribution in [2.75, 3.05) is 47.0 Å². The molecule has 0 unspecified atom stereocenters. The van der Waals surface area contributed by atoms with Crippen LogP contribution in [0.2, 0.25) is 5.02 Å². The van der Waals surface area contributed by atoms with E-state index in [9.17, 15) is 0 Å². The fourth-order valence-electron chi connectivity index (χ4n) is 3.06. The van der Waals surface area contributed by atoms with Crippen LogP contribution in [0.1, 0.15) is 24.8 Å². The first kappa shape index (κ1) is 21.5. The standard InChI is InChI=1S/C19H29BrClN3O2/c1-22-19(23-9-6-15-14-16(21)4-5-18(15)20)24-10-7-17(8-11-24)26-13-3-12-25-2/h4-5,14,17H,3,6-13H2,1-2H3,(H,22,23). The third kappa shape index (κ3) is 7.06. The second kappa shape index (κ2) is 11.8.